The van der Waals surface area contributed by atoms with Crippen LogP contribution in [0.4, 0.5) is 0 Å². The summed E-state index contributed by atoms with van der Waals surface area (Å²) in [5.41, 5.74) is 0.694. The molecule has 4 rings (SSSR count). The third-order valence-electron chi connectivity index (χ3n) is 4.96. The Morgan fingerprint density at radius 2 is 1.88 bits per heavy atom. The molecule has 0 aromatic carbocycles. The molecule has 4 heterocycles. The molecule has 1 amide bonds. The Balaban J connectivity index is 1.40. The fourth-order valence-corrected chi connectivity index (χ4v) is 3.43. The molecule has 1 fully saturated rings. The number of rotatable bonds is 4. The van der Waals surface area contributed by atoms with Gasteiger partial charge in [0.25, 0.3) is 5.91 Å². The zero-order valence-electron chi connectivity index (χ0n) is 14.7. The molecule has 26 heavy (non-hydrogen) atoms. The minimum Gasteiger partial charge on any atom is -0.339 e. The van der Waals surface area contributed by atoms with Crippen molar-refractivity contribution >= 4 is 5.91 Å². The van der Waals surface area contributed by atoms with Gasteiger partial charge in [0.05, 0.1) is 12.9 Å². The van der Waals surface area contributed by atoms with E-state index in [9.17, 15) is 4.79 Å². The lowest BCUT2D eigenvalue weighted by atomic mass is 9.95. The predicted octanol–water partition coefficient (Wildman–Crippen LogP) is 1.47. The second-order valence-corrected chi connectivity index (χ2v) is 6.57. The highest BCUT2D eigenvalue weighted by Gasteiger charge is 2.27. The van der Waals surface area contributed by atoms with Crippen LogP contribution in [-0.4, -0.2) is 53.2 Å². The molecular formula is C18H21N7O. The van der Waals surface area contributed by atoms with Crippen LogP contribution in [0.25, 0.3) is 0 Å². The average molecular weight is 351 g/mol. The van der Waals surface area contributed by atoms with Gasteiger partial charge in [-0.05, 0) is 25.0 Å². The monoisotopic (exact) mass is 351 g/mol. The number of amides is 1. The van der Waals surface area contributed by atoms with Crippen molar-refractivity contribution < 1.29 is 4.79 Å². The second-order valence-electron chi connectivity index (χ2n) is 6.57. The summed E-state index contributed by atoms with van der Waals surface area (Å²) in [6.45, 7) is 2.12. The number of nitrogens with zero attached hydrogens (tertiary/aromatic N) is 7. The molecule has 134 valence electrons. The van der Waals surface area contributed by atoms with E-state index in [2.05, 4.69) is 24.7 Å². The maximum atomic E-state index is 12.5. The maximum absolute atomic E-state index is 12.5. The van der Waals surface area contributed by atoms with E-state index in [4.69, 9.17) is 0 Å². The molecule has 0 spiro atoms. The summed E-state index contributed by atoms with van der Waals surface area (Å²) >= 11 is 0. The first kappa shape index (κ1) is 16.4. The number of piperidine rings is 1. The minimum absolute atomic E-state index is 0.0737. The molecule has 0 atom stereocenters. The summed E-state index contributed by atoms with van der Waals surface area (Å²) in [7, 11) is 2.01. The molecule has 8 nitrogen and oxygen atoms in total. The van der Waals surface area contributed by atoms with Crippen molar-refractivity contribution in [2.45, 2.75) is 25.3 Å². The fraction of sp³-hybridized carbons (Fsp3) is 0.389. The Labute approximate surface area is 151 Å². The van der Waals surface area contributed by atoms with E-state index < -0.39 is 0 Å². The molecule has 0 aliphatic carbocycles. The van der Waals surface area contributed by atoms with Crippen molar-refractivity contribution in [3.8, 4) is 0 Å². The summed E-state index contributed by atoms with van der Waals surface area (Å²) < 4.78 is 4.05. The lowest BCUT2D eigenvalue weighted by Crippen LogP contribution is -2.38. The Kier molecular flexibility index (Phi) is 4.47. The number of aromatic nitrogens is 6. The van der Waals surface area contributed by atoms with Gasteiger partial charge in [-0.25, -0.2) is 4.98 Å². The minimum atomic E-state index is 0.0737. The molecule has 1 aliphatic rings. The smallest absolute Gasteiger partial charge is 0.253 e. The van der Waals surface area contributed by atoms with Crippen molar-refractivity contribution in [2.24, 2.45) is 7.05 Å². The van der Waals surface area contributed by atoms with E-state index >= 15 is 0 Å². The van der Waals surface area contributed by atoms with Crippen molar-refractivity contribution in [1.82, 2.24) is 34.2 Å². The molecule has 1 saturated heterocycles. The van der Waals surface area contributed by atoms with Crippen molar-refractivity contribution in [1.29, 1.82) is 0 Å². The zero-order valence-corrected chi connectivity index (χ0v) is 14.7. The molecule has 8 heteroatoms. The standard InChI is InChI=1S/C18H21N7O/c1-23-16(12-24-11-8-20-13-24)21-22-17(23)14-4-9-25(10-5-14)18(26)15-2-6-19-7-3-15/h2-3,6-8,11,13-14H,4-5,9-10,12H2,1H3. The van der Waals surface area contributed by atoms with Crippen LogP contribution in [0.5, 0.6) is 0 Å². The Bertz CT molecular complexity index is 864. The molecule has 0 N–H and O–H groups in total. The number of pyridine rings is 1. The average Bonchev–Trinajstić information content (AvgIpc) is 3.33. The summed E-state index contributed by atoms with van der Waals surface area (Å²) in [4.78, 5) is 22.5. The Morgan fingerprint density at radius 1 is 1.12 bits per heavy atom. The number of carbonyl (C=O) groups is 1. The second kappa shape index (κ2) is 7.07. The zero-order chi connectivity index (χ0) is 17.9. The molecule has 0 bridgehead atoms. The van der Waals surface area contributed by atoms with E-state index in [1.807, 2.05) is 22.7 Å². The lowest BCUT2D eigenvalue weighted by Gasteiger charge is -2.31. The van der Waals surface area contributed by atoms with E-state index in [1.54, 1.807) is 37.1 Å². The van der Waals surface area contributed by atoms with Crippen LogP contribution in [0.1, 0.15) is 40.8 Å². The van der Waals surface area contributed by atoms with Gasteiger partial charge in [0.15, 0.2) is 5.82 Å². The van der Waals surface area contributed by atoms with Crippen molar-refractivity contribution in [3.05, 3.63) is 60.5 Å². The Morgan fingerprint density at radius 3 is 2.58 bits per heavy atom. The largest absolute Gasteiger partial charge is 0.339 e. The quantitative estimate of drug-likeness (QED) is 0.711. The molecule has 0 unspecified atom stereocenters. The summed E-state index contributed by atoms with van der Waals surface area (Å²) in [6.07, 6.45) is 10.5. The molecule has 3 aromatic heterocycles. The summed E-state index contributed by atoms with van der Waals surface area (Å²) in [6, 6.07) is 3.53. The number of hydrogen-bond donors (Lipinski definition) is 0. The Hall–Kier alpha value is -3.03. The van der Waals surface area contributed by atoms with Gasteiger partial charge in [-0.2, -0.15) is 0 Å². The van der Waals surface area contributed by atoms with E-state index in [0.29, 0.717) is 18.0 Å². The predicted molar refractivity (Wildman–Crippen MR) is 94.4 cm³/mol. The number of likely N-dealkylation sites (tertiary alicyclic amines) is 1. The van der Waals surface area contributed by atoms with Crippen LogP contribution in [0, 0.1) is 0 Å². The van der Waals surface area contributed by atoms with Gasteiger partial charge < -0.3 is 14.0 Å². The molecule has 1 aliphatic heterocycles. The maximum Gasteiger partial charge on any atom is 0.253 e. The first-order valence-corrected chi connectivity index (χ1v) is 8.75. The highest BCUT2D eigenvalue weighted by atomic mass is 16.2. The van der Waals surface area contributed by atoms with Crippen LogP contribution in [0.2, 0.25) is 0 Å². The van der Waals surface area contributed by atoms with Crippen molar-refractivity contribution in [3.63, 3.8) is 0 Å². The first-order valence-electron chi connectivity index (χ1n) is 8.75. The summed E-state index contributed by atoms with van der Waals surface area (Å²) in [5.74, 6) is 2.31. The highest BCUT2D eigenvalue weighted by Crippen LogP contribution is 2.27. The van der Waals surface area contributed by atoms with Gasteiger partial charge in [0.1, 0.15) is 5.82 Å². The SMILES string of the molecule is Cn1c(Cn2ccnc2)nnc1C1CCN(C(=O)c2ccncc2)CC1. The van der Waals surface area contributed by atoms with Crippen LogP contribution in [0.3, 0.4) is 0 Å². The highest BCUT2D eigenvalue weighted by molar-refractivity contribution is 5.94. The van der Waals surface area contributed by atoms with E-state index in [1.165, 1.54) is 0 Å². The first-order chi connectivity index (χ1) is 12.7. The fourth-order valence-electron chi connectivity index (χ4n) is 3.43. The van der Waals surface area contributed by atoms with E-state index in [-0.39, 0.29) is 5.91 Å². The van der Waals surface area contributed by atoms with Crippen LogP contribution in [0.15, 0.2) is 43.2 Å². The van der Waals surface area contributed by atoms with Gasteiger partial charge in [0.2, 0.25) is 0 Å². The van der Waals surface area contributed by atoms with Gasteiger partial charge >= 0.3 is 0 Å². The molecule has 0 saturated carbocycles. The van der Waals surface area contributed by atoms with Crippen LogP contribution < -0.4 is 0 Å². The molecular weight excluding hydrogens is 330 g/mol. The molecule has 3 aromatic rings. The van der Waals surface area contributed by atoms with Gasteiger partial charge in [-0.1, -0.05) is 0 Å². The van der Waals surface area contributed by atoms with Gasteiger partial charge in [0, 0.05) is 56.4 Å². The third-order valence-corrected chi connectivity index (χ3v) is 4.96. The van der Waals surface area contributed by atoms with Crippen LogP contribution >= 0.6 is 0 Å². The topological polar surface area (TPSA) is 81.7 Å². The normalized spacial score (nSPS) is 15.3. The summed E-state index contributed by atoms with van der Waals surface area (Å²) in [5, 5.41) is 8.76. The number of carbonyl (C=O) groups excluding carboxylic acids is 1. The van der Waals surface area contributed by atoms with Gasteiger partial charge in [-0.15, -0.1) is 10.2 Å². The van der Waals surface area contributed by atoms with Crippen LogP contribution in [-0.2, 0) is 13.6 Å². The van der Waals surface area contributed by atoms with Crippen molar-refractivity contribution in [2.75, 3.05) is 13.1 Å². The van der Waals surface area contributed by atoms with E-state index in [0.717, 1.165) is 37.6 Å². The lowest BCUT2D eigenvalue weighted by molar-refractivity contribution is 0.0710. The number of imidazole rings is 1. The number of hydrogen-bond acceptors (Lipinski definition) is 5. The third kappa shape index (κ3) is 3.22. The molecule has 0 radical (unpaired) electrons. The van der Waals surface area contributed by atoms with Gasteiger partial charge in [-0.3, -0.25) is 9.78 Å².